The van der Waals surface area contributed by atoms with Crippen LogP contribution >= 0.6 is 15.9 Å². The van der Waals surface area contributed by atoms with E-state index >= 15 is 0 Å². The lowest BCUT2D eigenvalue weighted by Crippen LogP contribution is -2.13. The van der Waals surface area contributed by atoms with Crippen molar-refractivity contribution in [2.45, 2.75) is 18.7 Å². The molecule has 118 valence electrons. The highest BCUT2D eigenvalue weighted by Crippen LogP contribution is 2.30. The first-order valence-electron chi connectivity index (χ1n) is 7.15. The molecule has 3 nitrogen and oxygen atoms in total. The maximum Gasteiger partial charge on any atom is 0.262 e. The Bertz CT molecular complexity index is 977. The molecule has 0 aliphatic heterocycles. The van der Waals surface area contributed by atoms with Crippen LogP contribution in [-0.2, 0) is 10.0 Å². The van der Waals surface area contributed by atoms with Crippen LogP contribution in [0.25, 0.3) is 10.8 Å². The molecule has 0 spiro atoms. The zero-order valence-corrected chi connectivity index (χ0v) is 15.2. The molecule has 0 saturated heterocycles. The minimum Gasteiger partial charge on any atom is -0.280 e. The first-order chi connectivity index (χ1) is 10.9. The largest absolute Gasteiger partial charge is 0.280 e. The van der Waals surface area contributed by atoms with Gasteiger partial charge in [-0.3, -0.25) is 4.72 Å². The van der Waals surface area contributed by atoms with Gasteiger partial charge in [-0.15, -0.1) is 0 Å². The van der Waals surface area contributed by atoms with Crippen LogP contribution in [-0.4, -0.2) is 8.42 Å². The number of rotatable bonds is 3. The molecule has 0 amide bonds. The molecule has 5 heteroatoms. The highest BCUT2D eigenvalue weighted by Gasteiger charge is 2.18. The average molecular weight is 390 g/mol. The second-order valence-corrected chi connectivity index (χ2v) is 8.08. The molecule has 0 aliphatic rings. The predicted molar refractivity (Wildman–Crippen MR) is 98.4 cm³/mol. The summed E-state index contributed by atoms with van der Waals surface area (Å²) in [7, 11) is -3.66. The third-order valence-corrected chi connectivity index (χ3v) is 5.73. The van der Waals surface area contributed by atoms with Crippen LogP contribution in [0.5, 0.6) is 0 Å². The fraction of sp³-hybridized carbons (Fsp3) is 0.111. The Morgan fingerprint density at radius 1 is 0.870 bits per heavy atom. The van der Waals surface area contributed by atoms with E-state index in [4.69, 9.17) is 0 Å². The van der Waals surface area contributed by atoms with Gasteiger partial charge in [-0.1, -0.05) is 46.3 Å². The van der Waals surface area contributed by atoms with Gasteiger partial charge in [0.25, 0.3) is 10.0 Å². The van der Waals surface area contributed by atoms with Gasteiger partial charge in [0.05, 0.1) is 4.90 Å². The van der Waals surface area contributed by atoms with E-state index < -0.39 is 10.0 Å². The SMILES string of the molecule is Cc1cc(C)cc(NS(=O)(=O)c2ccc(Br)c3ccccc23)c1. The van der Waals surface area contributed by atoms with Crippen molar-refractivity contribution in [1.29, 1.82) is 0 Å². The summed E-state index contributed by atoms with van der Waals surface area (Å²) in [5.74, 6) is 0. The maximum absolute atomic E-state index is 12.8. The lowest BCUT2D eigenvalue weighted by molar-refractivity contribution is 0.602. The number of fused-ring (bicyclic) bond motifs is 1. The fourth-order valence-corrected chi connectivity index (χ4v) is 4.44. The number of benzene rings is 3. The Morgan fingerprint density at radius 3 is 2.13 bits per heavy atom. The summed E-state index contributed by atoms with van der Waals surface area (Å²) in [6, 6.07) is 16.5. The van der Waals surface area contributed by atoms with Crippen LogP contribution in [0.3, 0.4) is 0 Å². The molecule has 0 saturated carbocycles. The molecule has 0 bridgehead atoms. The van der Waals surface area contributed by atoms with E-state index in [1.54, 1.807) is 12.1 Å². The van der Waals surface area contributed by atoms with E-state index in [9.17, 15) is 8.42 Å². The zero-order chi connectivity index (χ0) is 16.6. The highest BCUT2D eigenvalue weighted by atomic mass is 79.9. The number of hydrogen-bond donors (Lipinski definition) is 1. The molecule has 0 fully saturated rings. The van der Waals surface area contributed by atoms with E-state index in [1.165, 1.54) is 0 Å². The Balaban J connectivity index is 2.12. The van der Waals surface area contributed by atoms with Gasteiger partial charge in [0.15, 0.2) is 0 Å². The first-order valence-corrected chi connectivity index (χ1v) is 9.43. The molecule has 23 heavy (non-hydrogen) atoms. The third kappa shape index (κ3) is 3.26. The van der Waals surface area contributed by atoms with Gasteiger partial charge in [-0.05, 0) is 54.6 Å². The van der Waals surface area contributed by atoms with E-state index in [1.807, 2.05) is 56.3 Å². The Hall–Kier alpha value is -1.85. The number of anilines is 1. The van der Waals surface area contributed by atoms with Gasteiger partial charge in [0, 0.05) is 15.5 Å². The van der Waals surface area contributed by atoms with E-state index in [2.05, 4.69) is 20.7 Å². The summed E-state index contributed by atoms with van der Waals surface area (Å²) in [5, 5.41) is 1.56. The van der Waals surface area contributed by atoms with E-state index in [-0.39, 0.29) is 4.90 Å². The molecule has 3 aromatic carbocycles. The second kappa shape index (κ2) is 5.98. The summed E-state index contributed by atoms with van der Waals surface area (Å²) in [6.45, 7) is 3.89. The van der Waals surface area contributed by atoms with Crippen LogP contribution in [0.4, 0.5) is 5.69 Å². The first kappa shape index (κ1) is 16.0. The number of nitrogens with one attached hydrogen (secondary N) is 1. The van der Waals surface area contributed by atoms with Crippen molar-refractivity contribution >= 4 is 42.4 Å². The quantitative estimate of drug-likeness (QED) is 0.683. The zero-order valence-electron chi connectivity index (χ0n) is 12.8. The van der Waals surface area contributed by atoms with Gasteiger partial charge in [-0.25, -0.2) is 8.42 Å². The topological polar surface area (TPSA) is 46.2 Å². The van der Waals surface area contributed by atoms with Gasteiger partial charge in [-0.2, -0.15) is 0 Å². The number of hydrogen-bond acceptors (Lipinski definition) is 2. The lowest BCUT2D eigenvalue weighted by atomic mass is 10.1. The average Bonchev–Trinajstić information content (AvgIpc) is 2.46. The fourth-order valence-electron chi connectivity index (χ4n) is 2.71. The van der Waals surface area contributed by atoms with Crippen LogP contribution in [0, 0.1) is 13.8 Å². The van der Waals surface area contributed by atoms with Crippen molar-refractivity contribution in [2.75, 3.05) is 4.72 Å². The van der Waals surface area contributed by atoms with Gasteiger partial charge in [0.2, 0.25) is 0 Å². The van der Waals surface area contributed by atoms with E-state index in [0.717, 1.165) is 21.0 Å². The van der Waals surface area contributed by atoms with Crippen molar-refractivity contribution in [3.63, 3.8) is 0 Å². The molecule has 0 radical (unpaired) electrons. The van der Waals surface area contributed by atoms with Crippen LogP contribution in [0.15, 0.2) is 64.0 Å². The van der Waals surface area contributed by atoms with Crippen LogP contribution in [0.2, 0.25) is 0 Å². The minimum absolute atomic E-state index is 0.274. The maximum atomic E-state index is 12.8. The minimum atomic E-state index is -3.66. The molecule has 0 atom stereocenters. The Kier molecular flexibility index (Phi) is 4.17. The van der Waals surface area contributed by atoms with Crippen molar-refractivity contribution in [3.05, 3.63) is 70.2 Å². The molecule has 0 aromatic heterocycles. The molecular formula is C18H16BrNO2S. The normalized spacial score (nSPS) is 11.6. The summed E-state index contributed by atoms with van der Waals surface area (Å²) < 4.78 is 29.2. The summed E-state index contributed by atoms with van der Waals surface area (Å²) in [6.07, 6.45) is 0. The summed E-state index contributed by atoms with van der Waals surface area (Å²) in [5.41, 5.74) is 2.61. The molecule has 3 rings (SSSR count). The second-order valence-electron chi connectivity index (χ2n) is 5.57. The van der Waals surface area contributed by atoms with Crippen molar-refractivity contribution in [2.24, 2.45) is 0 Å². The van der Waals surface area contributed by atoms with Gasteiger partial charge in [0.1, 0.15) is 0 Å². The molecular weight excluding hydrogens is 374 g/mol. The number of sulfonamides is 1. The summed E-state index contributed by atoms with van der Waals surface area (Å²) >= 11 is 3.47. The summed E-state index contributed by atoms with van der Waals surface area (Å²) in [4.78, 5) is 0.274. The number of halogens is 1. The van der Waals surface area contributed by atoms with Crippen molar-refractivity contribution < 1.29 is 8.42 Å². The number of aryl methyl sites for hydroxylation is 2. The molecule has 3 aromatic rings. The van der Waals surface area contributed by atoms with Crippen molar-refractivity contribution in [3.8, 4) is 0 Å². The molecule has 0 unspecified atom stereocenters. The Labute approximate surface area is 144 Å². The van der Waals surface area contributed by atoms with E-state index in [0.29, 0.717) is 11.1 Å². The third-order valence-electron chi connectivity index (χ3n) is 3.59. The molecule has 0 heterocycles. The lowest BCUT2D eigenvalue weighted by Gasteiger charge is -2.12. The monoisotopic (exact) mass is 389 g/mol. The van der Waals surface area contributed by atoms with Gasteiger partial charge < -0.3 is 0 Å². The highest BCUT2D eigenvalue weighted by molar-refractivity contribution is 9.10. The standard InChI is InChI=1S/C18H16BrNO2S/c1-12-9-13(2)11-14(10-12)20-23(21,22)18-8-7-17(19)15-5-3-4-6-16(15)18/h3-11,20H,1-2H3. The Morgan fingerprint density at radius 2 is 1.48 bits per heavy atom. The molecule has 1 N–H and O–H groups in total. The van der Waals surface area contributed by atoms with Crippen LogP contribution < -0.4 is 4.72 Å². The predicted octanol–water partition coefficient (Wildman–Crippen LogP) is 5.02. The van der Waals surface area contributed by atoms with Crippen LogP contribution in [0.1, 0.15) is 11.1 Å². The van der Waals surface area contributed by atoms with Crippen molar-refractivity contribution in [1.82, 2.24) is 0 Å². The molecule has 0 aliphatic carbocycles. The smallest absolute Gasteiger partial charge is 0.262 e. The van der Waals surface area contributed by atoms with Gasteiger partial charge >= 0.3 is 0 Å².